The summed E-state index contributed by atoms with van der Waals surface area (Å²) in [4.78, 5) is 4.79. The summed E-state index contributed by atoms with van der Waals surface area (Å²) in [5, 5.41) is 0. The van der Waals surface area contributed by atoms with Crippen LogP contribution in [0.15, 0.2) is 39.8 Å². The standard InChI is InChI=1S/C15H15Br2N3/c1-2-7-20-14(18)13(19-15(20)9-3-4-9)10-5-6-11(16)12(17)8-10/h2,5-6,8-9H,1,3-4,7,18H2. The number of benzene rings is 1. The summed E-state index contributed by atoms with van der Waals surface area (Å²) in [6.45, 7) is 4.52. The topological polar surface area (TPSA) is 43.8 Å². The van der Waals surface area contributed by atoms with E-state index in [4.69, 9.17) is 10.7 Å². The van der Waals surface area contributed by atoms with Crippen LogP contribution in [-0.4, -0.2) is 9.55 Å². The molecule has 3 rings (SSSR count). The minimum absolute atomic E-state index is 0.560. The fraction of sp³-hybridized carbons (Fsp3) is 0.267. The van der Waals surface area contributed by atoms with E-state index >= 15 is 0 Å². The molecule has 0 radical (unpaired) electrons. The third-order valence-corrected chi connectivity index (χ3v) is 5.36. The molecule has 2 aromatic rings. The molecule has 0 bridgehead atoms. The Hall–Kier alpha value is -1.07. The quantitative estimate of drug-likeness (QED) is 0.759. The van der Waals surface area contributed by atoms with Crippen LogP contribution in [0.3, 0.4) is 0 Å². The van der Waals surface area contributed by atoms with Gasteiger partial charge in [-0.25, -0.2) is 4.98 Å². The Morgan fingerprint density at radius 3 is 2.70 bits per heavy atom. The van der Waals surface area contributed by atoms with E-state index < -0.39 is 0 Å². The van der Waals surface area contributed by atoms with Gasteiger partial charge in [-0.15, -0.1) is 6.58 Å². The van der Waals surface area contributed by atoms with Crippen LogP contribution in [0.25, 0.3) is 11.3 Å². The average molecular weight is 397 g/mol. The number of nitrogens with two attached hydrogens (primary N) is 1. The van der Waals surface area contributed by atoms with Crippen molar-refractivity contribution in [1.29, 1.82) is 0 Å². The predicted molar refractivity (Wildman–Crippen MR) is 89.6 cm³/mol. The van der Waals surface area contributed by atoms with Crippen molar-refractivity contribution in [1.82, 2.24) is 9.55 Å². The van der Waals surface area contributed by atoms with Gasteiger partial charge in [0, 0.05) is 27.0 Å². The zero-order chi connectivity index (χ0) is 14.3. The van der Waals surface area contributed by atoms with Gasteiger partial charge >= 0.3 is 0 Å². The Morgan fingerprint density at radius 1 is 1.35 bits per heavy atom. The minimum atomic E-state index is 0.560. The molecule has 20 heavy (non-hydrogen) atoms. The molecule has 1 heterocycles. The van der Waals surface area contributed by atoms with Crippen molar-refractivity contribution in [2.24, 2.45) is 0 Å². The Bertz CT molecular complexity index is 672. The first-order valence-corrected chi connectivity index (χ1v) is 8.12. The second-order valence-electron chi connectivity index (χ2n) is 5.01. The van der Waals surface area contributed by atoms with E-state index in [1.165, 1.54) is 12.8 Å². The van der Waals surface area contributed by atoms with Gasteiger partial charge in [0.1, 0.15) is 17.3 Å². The molecule has 3 nitrogen and oxygen atoms in total. The van der Waals surface area contributed by atoms with Crippen molar-refractivity contribution >= 4 is 37.7 Å². The van der Waals surface area contributed by atoms with Crippen LogP contribution in [0.2, 0.25) is 0 Å². The lowest BCUT2D eigenvalue weighted by molar-refractivity contribution is 0.750. The van der Waals surface area contributed by atoms with E-state index in [2.05, 4.69) is 43.0 Å². The van der Waals surface area contributed by atoms with Gasteiger partial charge in [0.05, 0.1) is 0 Å². The number of hydrogen-bond acceptors (Lipinski definition) is 2. The molecule has 0 amide bonds. The first kappa shape index (κ1) is 13.9. The van der Waals surface area contributed by atoms with Crippen molar-refractivity contribution in [2.45, 2.75) is 25.3 Å². The maximum absolute atomic E-state index is 6.30. The van der Waals surface area contributed by atoms with E-state index in [0.717, 1.165) is 31.8 Å². The van der Waals surface area contributed by atoms with Crippen LogP contribution < -0.4 is 5.73 Å². The molecule has 1 aromatic heterocycles. The van der Waals surface area contributed by atoms with E-state index in [1.807, 2.05) is 24.3 Å². The van der Waals surface area contributed by atoms with Gasteiger partial charge in [-0.05, 0) is 56.8 Å². The number of imidazole rings is 1. The second kappa shape index (κ2) is 5.37. The molecule has 0 aliphatic heterocycles. The van der Waals surface area contributed by atoms with E-state index in [0.29, 0.717) is 12.5 Å². The molecule has 1 aliphatic rings. The lowest BCUT2D eigenvalue weighted by Gasteiger charge is -2.06. The van der Waals surface area contributed by atoms with Gasteiger partial charge in [-0.2, -0.15) is 0 Å². The lowest BCUT2D eigenvalue weighted by atomic mass is 10.1. The Morgan fingerprint density at radius 2 is 2.10 bits per heavy atom. The number of hydrogen-bond donors (Lipinski definition) is 1. The molecule has 1 saturated carbocycles. The lowest BCUT2D eigenvalue weighted by Crippen LogP contribution is -2.05. The van der Waals surface area contributed by atoms with Crippen LogP contribution in [0.1, 0.15) is 24.6 Å². The first-order valence-electron chi connectivity index (χ1n) is 6.54. The number of anilines is 1. The highest BCUT2D eigenvalue weighted by atomic mass is 79.9. The fourth-order valence-corrected chi connectivity index (χ4v) is 2.94. The largest absolute Gasteiger partial charge is 0.383 e. The SMILES string of the molecule is C=CCn1c(C2CC2)nc(-c2ccc(Br)c(Br)c2)c1N. The third-order valence-electron chi connectivity index (χ3n) is 3.48. The number of aromatic nitrogens is 2. The minimum Gasteiger partial charge on any atom is -0.383 e. The molecule has 5 heteroatoms. The molecular formula is C15H15Br2N3. The van der Waals surface area contributed by atoms with E-state index in [9.17, 15) is 0 Å². The molecule has 104 valence electrons. The van der Waals surface area contributed by atoms with Crippen LogP contribution in [-0.2, 0) is 6.54 Å². The van der Waals surface area contributed by atoms with Crippen LogP contribution >= 0.6 is 31.9 Å². The summed E-state index contributed by atoms with van der Waals surface area (Å²) >= 11 is 7.01. The van der Waals surface area contributed by atoms with Gasteiger partial charge in [-0.3, -0.25) is 0 Å². The van der Waals surface area contributed by atoms with Gasteiger partial charge in [0.25, 0.3) is 0 Å². The van der Waals surface area contributed by atoms with Crippen molar-refractivity contribution in [3.8, 4) is 11.3 Å². The zero-order valence-electron chi connectivity index (χ0n) is 10.9. The normalized spacial score (nSPS) is 14.5. The number of rotatable bonds is 4. The maximum Gasteiger partial charge on any atom is 0.132 e. The van der Waals surface area contributed by atoms with E-state index in [-0.39, 0.29) is 0 Å². The second-order valence-corrected chi connectivity index (χ2v) is 6.71. The fourth-order valence-electron chi connectivity index (χ4n) is 2.31. The molecule has 2 N–H and O–H groups in total. The maximum atomic E-state index is 6.30. The third kappa shape index (κ3) is 2.44. The first-order chi connectivity index (χ1) is 9.61. The van der Waals surface area contributed by atoms with Crippen molar-refractivity contribution in [2.75, 3.05) is 5.73 Å². The molecule has 1 aliphatic carbocycles. The van der Waals surface area contributed by atoms with Gasteiger partial charge in [-0.1, -0.05) is 12.1 Å². The number of nitrogen functional groups attached to an aromatic ring is 1. The number of halogens is 2. The van der Waals surface area contributed by atoms with Gasteiger partial charge in [0.15, 0.2) is 0 Å². The highest BCUT2D eigenvalue weighted by Gasteiger charge is 2.30. The summed E-state index contributed by atoms with van der Waals surface area (Å²) in [6, 6.07) is 6.07. The molecule has 1 fully saturated rings. The van der Waals surface area contributed by atoms with Crippen molar-refractivity contribution in [3.63, 3.8) is 0 Å². The smallest absolute Gasteiger partial charge is 0.132 e. The Kier molecular flexibility index (Phi) is 3.73. The van der Waals surface area contributed by atoms with Crippen LogP contribution in [0.4, 0.5) is 5.82 Å². The van der Waals surface area contributed by atoms with Crippen molar-refractivity contribution < 1.29 is 0 Å². The monoisotopic (exact) mass is 395 g/mol. The molecule has 0 atom stereocenters. The molecule has 0 spiro atoms. The number of nitrogens with zero attached hydrogens (tertiary/aromatic N) is 2. The highest BCUT2D eigenvalue weighted by molar-refractivity contribution is 9.13. The summed E-state index contributed by atoms with van der Waals surface area (Å²) < 4.78 is 4.10. The van der Waals surface area contributed by atoms with Gasteiger partial charge < -0.3 is 10.3 Å². The van der Waals surface area contributed by atoms with Crippen LogP contribution in [0.5, 0.6) is 0 Å². The molecule has 0 saturated heterocycles. The summed E-state index contributed by atoms with van der Waals surface area (Å²) in [7, 11) is 0. The highest BCUT2D eigenvalue weighted by Crippen LogP contribution is 2.42. The molecule has 1 aromatic carbocycles. The van der Waals surface area contributed by atoms with Crippen molar-refractivity contribution in [3.05, 3.63) is 45.6 Å². The van der Waals surface area contributed by atoms with Gasteiger partial charge in [0.2, 0.25) is 0 Å². The summed E-state index contributed by atoms with van der Waals surface area (Å²) in [5.41, 5.74) is 8.19. The average Bonchev–Trinajstić information content (AvgIpc) is 3.21. The van der Waals surface area contributed by atoms with Crippen LogP contribution in [0, 0.1) is 0 Å². The zero-order valence-corrected chi connectivity index (χ0v) is 14.1. The Balaban J connectivity index is 2.10. The van der Waals surface area contributed by atoms with E-state index in [1.54, 1.807) is 0 Å². The summed E-state index contributed by atoms with van der Waals surface area (Å²) in [5.74, 6) is 2.38. The summed E-state index contributed by atoms with van der Waals surface area (Å²) in [6.07, 6.45) is 4.28. The predicted octanol–water partition coefficient (Wildman–Crippen LogP) is 4.72. The molecule has 0 unspecified atom stereocenters. The Labute approximate surface area is 135 Å². The number of allylic oxidation sites excluding steroid dienone is 1. The molecular weight excluding hydrogens is 382 g/mol.